The number of hydrogen-bond donors (Lipinski definition) is 2. The largest absolute Gasteiger partial charge is 0.399 e. The molecule has 0 radical (unpaired) electrons. The fourth-order valence-corrected chi connectivity index (χ4v) is 2.04. The van der Waals surface area contributed by atoms with Crippen LogP contribution in [-0.4, -0.2) is 24.2 Å². The van der Waals surface area contributed by atoms with E-state index in [4.69, 9.17) is 10.5 Å². The van der Waals surface area contributed by atoms with Crippen LogP contribution >= 0.6 is 0 Å². The van der Waals surface area contributed by atoms with Crippen molar-refractivity contribution in [1.82, 2.24) is 5.32 Å². The second-order valence-corrected chi connectivity index (χ2v) is 4.87. The van der Waals surface area contributed by atoms with E-state index in [1.165, 1.54) is 18.2 Å². The van der Waals surface area contributed by atoms with E-state index in [2.05, 4.69) is 5.32 Å². The van der Waals surface area contributed by atoms with E-state index in [0.29, 0.717) is 18.7 Å². The summed E-state index contributed by atoms with van der Waals surface area (Å²) >= 11 is 0. The first-order valence-electron chi connectivity index (χ1n) is 5.91. The summed E-state index contributed by atoms with van der Waals surface area (Å²) in [5, 5.41) is 2.83. The molecule has 18 heavy (non-hydrogen) atoms. The molecule has 5 heteroatoms. The number of nitrogens with one attached hydrogen (secondary N) is 1. The summed E-state index contributed by atoms with van der Waals surface area (Å²) in [5.41, 5.74) is 5.43. The van der Waals surface area contributed by atoms with Gasteiger partial charge in [-0.05, 0) is 38.5 Å². The first kappa shape index (κ1) is 12.8. The summed E-state index contributed by atoms with van der Waals surface area (Å²) in [5.74, 6) is -1.03. The van der Waals surface area contributed by atoms with Gasteiger partial charge in [-0.1, -0.05) is 0 Å². The zero-order chi connectivity index (χ0) is 13.3. The molecule has 2 unspecified atom stereocenters. The Hall–Kier alpha value is -1.62. The summed E-state index contributed by atoms with van der Waals surface area (Å²) in [6, 6.07) is 3.96. The van der Waals surface area contributed by atoms with Crippen molar-refractivity contribution in [2.45, 2.75) is 31.9 Å². The highest BCUT2D eigenvalue weighted by Gasteiger charge is 2.38. The average Bonchev–Trinajstić information content (AvgIpc) is 2.62. The highest BCUT2D eigenvalue weighted by molar-refractivity contribution is 5.95. The Bertz CT molecular complexity index is 478. The number of amides is 1. The number of hydrogen-bond acceptors (Lipinski definition) is 3. The van der Waals surface area contributed by atoms with Gasteiger partial charge in [0.2, 0.25) is 0 Å². The van der Waals surface area contributed by atoms with Gasteiger partial charge in [0, 0.05) is 12.3 Å². The van der Waals surface area contributed by atoms with Crippen LogP contribution in [0.4, 0.5) is 10.1 Å². The van der Waals surface area contributed by atoms with Gasteiger partial charge in [-0.15, -0.1) is 0 Å². The number of anilines is 1. The Labute approximate surface area is 105 Å². The molecular weight excluding hydrogens is 235 g/mol. The number of carbonyl (C=O) groups excluding carboxylic acids is 1. The van der Waals surface area contributed by atoms with Gasteiger partial charge in [0.05, 0.1) is 17.2 Å². The molecule has 0 aromatic heterocycles. The molecule has 0 bridgehead atoms. The Morgan fingerprint density at radius 3 is 2.94 bits per heavy atom. The second-order valence-electron chi connectivity index (χ2n) is 4.87. The molecule has 0 spiro atoms. The summed E-state index contributed by atoms with van der Waals surface area (Å²) in [6.45, 7) is 4.38. The lowest BCUT2D eigenvalue weighted by Crippen LogP contribution is -2.50. The molecule has 4 nitrogen and oxygen atoms in total. The number of ether oxygens (including phenoxy) is 1. The smallest absolute Gasteiger partial charge is 0.254 e. The summed E-state index contributed by atoms with van der Waals surface area (Å²) in [4.78, 5) is 12.1. The van der Waals surface area contributed by atoms with Gasteiger partial charge in [0.15, 0.2) is 0 Å². The topological polar surface area (TPSA) is 64.3 Å². The van der Waals surface area contributed by atoms with Crippen LogP contribution in [0.1, 0.15) is 30.6 Å². The summed E-state index contributed by atoms with van der Waals surface area (Å²) in [7, 11) is 0. The fourth-order valence-electron chi connectivity index (χ4n) is 2.04. The van der Waals surface area contributed by atoms with Crippen LogP contribution in [0.25, 0.3) is 0 Å². The second kappa shape index (κ2) is 4.57. The van der Waals surface area contributed by atoms with Gasteiger partial charge in [-0.2, -0.15) is 0 Å². The van der Waals surface area contributed by atoms with Gasteiger partial charge in [-0.3, -0.25) is 4.79 Å². The number of nitrogens with two attached hydrogens (primary N) is 1. The van der Waals surface area contributed by atoms with Crippen molar-refractivity contribution < 1.29 is 13.9 Å². The van der Waals surface area contributed by atoms with Crippen LogP contribution in [0.15, 0.2) is 18.2 Å². The van der Waals surface area contributed by atoms with Crippen molar-refractivity contribution in [1.29, 1.82) is 0 Å². The zero-order valence-electron chi connectivity index (χ0n) is 10.5. The van der Waals surface area contributed by atoms with E-state index in [1.54, 1.807) is 0 Å². The fraction of sp³-hybridized carbons (Fsp3) is 0.462. The van der Waals surface area contributed by atoms with Crippen molar-refractivity contribution in [2.75, 3.05) is 12.3 Å². The Morgan fingerprint density at radius 1 is 1.61 bits per heavy atom. The lowest BCUT2D eigenvalue weighted by Gasteiger charge is -2.29. The molecule has 98 valence electrons. The molecule has 1 aromatic rings. The van der Waals surface area contributed by atoms with E-state index in [0.717, 1.165) is 0 Å². The molecule has 1 saturated heterocycles. The Morgan fingerprint density at radius 2 is 2.33 bits per heavy atom. The lowest BCUT2D eigenvalue weighted by molar-refractivity contribution is 0.0725. The minimum atomic E-state index is -0.572. The van der Waals surface area contributed by atoms with Crippen LogP contribution in [0.5, 0.6) is 0 Å². The van der Waals surface area contributed by atoms with E-state index in [1.807, 2.05) is 13.8 Å². The average molecular weight is 252 g/mol. The monoisotopic (exact) mass is 252 g/mol. The Balaban J connectivity index is 2.19. The lowest BCUT2D eigenvalue weighted by atomic mass is 9.94. The molecule has 1 fully saturated rings. The minimum absolute atomic E-state index is 0.0321. The molecule has 1 aromatic carbocycles. The quantitative estimate of drug-likeness (QED) is 0.787. The van der Waals surface area contributed by atoms with Crippen LogP contribution in [0.2, 0.25) is 0 Å². The number of benzene rings is 1. The number of halogens is 1. The third-order valence-corrected chi connectivity index (χ3v) is 3.52. The van der Waals surface area contributed by atoms with Gasteiger partial charge in [-0.25, -0.2) is 4.39 Å². The maximum atomic E-state index is 13.6. The normalized spacial score (nSPS) is 27.2. The Kier molecular flexibility index (Phi) is 3.26. The minimum Gasteiger partial charge on any atom is -0.399 e. The highest BCUT2D eigenvalue weighted by Crippen LogP contribution is 2.26. The first-order chi connectivity index (χ1) is 8.42. The molecule has 3 N–H and O–H groups in total. The predicted octanol–water partition coefficient (Wildman–Crippen LogP) is 1.71. The molecule has 2 atom stereocenters. The molecule has 1 aliphatic rings. The van der Waals surface area contributed by atoms with E-state index >= 15 is 0 Å². The van der Waals surface area contributed by atoms with Crippen molar-refractivity contribution in [2.24, 2.45) is 0 Å². The first-order valence-corrected chi connectivity index (χ1v) is 5.91. The number of carbonyl (C=O) groups is 1. The zero-order valence-corrected chi connectivity index (χ0v) is 10.5. The van der Waals surface area contributed by atoms with Crippen molar-refractivity contribution >= 4 is 11.6 Å². The van der Waals surface area contributed by atoms with Gasteiger partial charge in [0.1, 0.15) is 5.82 Å². The summed E-state index contributed by atoms with van der Waals surface area (Å²) < 4.78 is 19.0. The number of nitrogen functional groups attached to an aromatic ring is 1. The van der Waals surface area contributed by atoms with Crippen LogP contribution in [0, 0.1) is 5.82 Å². The molecule has 2 rings (SSSR count). The molecule has 1 amide bonds. The van der Waals surface area contributed by atoms with E-state index in [-0.39, 0.29) is 11.7 Å². The number of rotatable bonds is 2. The summed E-state index contributed by atoms with van der Waals surface area (Å²) in [6.07, 6.45) is 0.620. The van der Waals surface area contributed by atoms with E-state index in [9.17, 15) is 9.18 Å². The molecule has 0 aliphatic carbocycles. The third-order valence-electron chi connectivity index (χ3n) is 3.52. The van der Waals surface area contributed by atoms with Gasteiger partial charge >= 0.3 is 0 Å². The van der Waals surface area contributed by atoms with Crippen molar-refractivity contribution in [3.05, 3.63) is 29.6 Å². The van der Waals surface area contributed by atoms with Crippen molar-refractivity contribution in [3.8, 4) is 0 Å². The van der Waals surface area contributed by atoms with Gasteiger partial charge < -0.3 is 15.8 Å². The maximum Gasteiger partial charge on any atom is 0.254 e. The van der Waals surface area contributed by atoms with Gasteiger partial charge in [0.25, 0.3) is 5.91 Å². The van der Waals surface area contributed by atoms with Crippen LogP contribution < -0.4 is 11.1 Å². The molecule has 1 heterocycles. The van der Waals surface area contributed by atoms with Crippen LogP contribution in [0.3, 0.4) is 0 Å². The molecular formula is C13H17FN2O2. The standard InChI is InChI=1S/C13H17FN2O2/c1-8-13(2,5-6-18-8)16-12(17)10-7-9(15)3-4-11(10)14/h3-4,7-8H,5-6,15H2,1-2H3,(H,16,17). The molecule has 1 aliphatic heterocycles. The highest BCUT2D eigenvalue weighted by atomic mass is 19.1. The van der Waals surface area contributed by atoms with Crippen LogP contribution in [-0.2, 0) is 4.74 Å². The predicted molar refractivity (Wildman–Crippen MR) is 66.7 cm³/mol. The maximum absolute atomic E-state index is 13.6. The van der Waals surface area contributed by atoms with Crippen molar-refractivity contribution in [3.63, 3.8) is 0 Å². The third kappa shape index (κ3) is 2.31. The van der Waals surface area contributed by atoms with E-state index < -0.39 is 17.3 Å². The SMILES string of the molecule is CC1OCCC1(C)NC(=O)c1cc(N)ccc1F. The molecule has 0 saturated carbocycles.